The van der Waals surface area contributed by atoms with Gasteiger partial charge in [-0.25, -0.2) is 4.98 Å². The third-order valence-electron chi connectivity index (χ3n) is 1.81. The molecule has 1 heterocycles. The van der Waals surface area contributed by atoms with Crippen molar-refractivity contribution in [2.45, 2.75) is 12.5 Å². The maximum atomic E-state index is 11.2. The second-order valence-electron chi connectivity index (χ2n) is 2.65. The van der Waals surface area contributed by atoms with Gasteiger partial charge in [0.15, 0.2) is 0 Å². The number of aromatic nitrogens is 2. The fraction of sp³-hybridized carbons (Fsp3) is 0.500. The highest BCUT2D eigenvalue weighted by molar-refractivity contribution is 5.85. The number of methoxy groups -OCH3 is 1. The van der Waals surface area contributed by atoms with Crippen LogP contribution < -0.4 is 5.32 Å². The number of carbonyl (C=O) groups is 1. The van der Waals surface area contributed by atoms with E-state index in [1.54, 1.807) is 19.6 Å². The molecule has 0 saturated heterocycles. The van der Waals surface area contributed by atoms with E-state index < -0.39 is 0 Å². The number of aromatic amines is 1. The third kappa shape index (κ3) is 3.35. The second-order valence-corrected chi connectivity index (χ2v) is 2.65. The lowest BCUT2D eigenvalue weighted by atomic mass is 10.2. The monoisotopic (exact) mass is 219 g/mol. The van der Waals surface area contributed by atoms with E-state index in [1.807, 2.05) is 0 Å². The van der Waals surface area contributed by atoms with E-state index in [4.69, 9.17) is 0 Å². The number of rotatable bonds is 4. The van der Waals surface area contributed by atoms with Gasteiger partial charge >= 0.3 is 5.97 Å². The predicted molar refractivity (Wildman–Crippen MR) is 54.4 cm³/mol. The fourth-order valence-corrected chi connectivity index (χ4v) is 1.06. The van der Waals surface area contributed by atoms with E-state index in [0.29, 0.717) is 6.42 Å². The van der Waals surface area contributed by atoms with Gasteiger partial charge in [-0.3, -0.25) is 4.79 Å². The molecule has 0 radical (unpaired) electrons. The summed E-state index contributed by atoms with van der Waals surface area (Å²) in [7, 11) is 3.09. The summed E-state index contributed by atoms with van der Waals surface area (Å²) in [4.78, 5) is 17.9. The molecule has 0 amide bonds. The maximum absolute atomic E-state index is 11.2. The Morgan fingerprint density at radius 2 is 2.50 bits per heavy atom. The molecule has 1 aromatic rings. The number of imidazole rings is 1. The number of carbonyl (C=O) groups excluding carboxylic acids is 1. The van der Waals surface area contributed by atoms with Crippen LogP contribution in [0.1, 0.15) is 5.69 Å². The molecule has 0 fully saturated rings. The molecule has 1 aromatic heterocycles. The van der Waals surface area contributed by atoms with Crippen LogP contribution in [-0.2, 0) is 16.0 Å². The van der Waals surface area contributed by atoms with Crippen molar-refractivity contribution in [1.29, 1.82) is 0 Å². The summed E-state index contributed by atoms with van der Waals surface area (Å²) in [6.07, 6.45) is 3.83. The van der Waals surface area contributed by atoms with Crippen molar-refractivity contribution >= 4 is 18.4 Å². The zero-order valence-electron chi connectivity index (χ0n) is 8.11. The van der Waals surface area contributed by atoms with Crippen LogP contribution >= 0.6 is 12.4 Å². The first-order chi connectivity index (χ1) is 6.27. The molecular formula is C8H14ClN3O2. The lowest BCUT2D eigenvalue weighted by molar-refractivity contribution is -0.142. The lowest BCUT2D eigenvalue weighted by Gasteiger charge is -2.11. The first kappa shape index (κ1) is 12.9. The predicted octanol–water partition coefficient (Wildman–Crippen LogP) is 0.135. The Balaban J connectivity index is 0.00000169. The highest BCUT2D eigenvalue weighted by Gasteiger charge is 2.17. The second kappa shape index (κ2) is 6.39. The standard InChI is InChI=1S/C8H13N3O2.ClH/c1-9-7(8(12)13-2)3-6-4-10-5-11-6;/h4-5,7,9H,3H2,1-2H3,(H,10,11);1H. The van der Waals surface area contributed by atoms with E-state index in [2.05, 4.69) is 20.0 Å². The highest BCUT2D eigenvalue weighted by atomic mass is 35.5. The number of hydrogen-bond acceptors (Lipinski definition) is 4. The SMILES string of the molecule is CNC(Cc1cnc[nH]1)C(=O)OC.Cl. The summed E-state index contributed by atoms with van der Waals surface area (Å²) in [5.74, 6) is -0.267. The number of nitrogens with zero attached hydrogens (tertiary/aromatic N) is 1. The van der Waals surface area contributed by atoms with E-state index in [0.717, 1.165) is 5.69 Å². The minimum Gasteiger partial charge on any atom is -0.468 e. The number of halogens is 1. The zero-order chi connectivity index (χ0) is 9.68. The number of nitrogens with one attached hydrogen (secondary N) is 2. The summed E-state index contributed by atoms with van der Waals surface area (Å²) in [5, 5.41) is 2.87. The summed E-state index contributed by atoms with van der Waals surface area (Å²) >= 11 is 0. The molecule has 0 aliphatic heterocycles. The molecule has 0 aromatic carbocycles. The molecule has 0 spiro atoms. The van der Waals surface area contributed by atoms with Crippen LogP contribution in [0.3, 0.4) is 0 Å². The maximum Gasteiger partial charge on any atom is 0.323 e. The van der Waals surface area contributed by atoms with Crippen LogP contribution in [0.15, 0.2) is 12.5 Å². The van der Waals surface area contributed by atoms with Crippen molar-refractivity contribution in [1.82, 2.24) is 15.3 Å². The minimum atomic E-state index is -0.314. The highest BCUT2D eigenvalue weighted by Crippen LogP contribution is 1.99. The van der Waals surface area contributed by atoms with Crippen molar-refractivity contribution < 1.29 is 9.53 Å². The lowest BCUT2D eigenvalue weighted by Crippen LogP contribution is -2.36. The van der Waals surface area contributed by atoms with Gasteiger partial charge < -0.3 is 15.0 Å². The van der Waals surface area contributed by atoms with Crippen LogP contribution in [0.2, 0.25) is 0 Å². The molecule has 1 atom stereocenters. The normalized spacial score (nSPS) is 11.6. The van der Waals surface area contributed by atoms with Gasteiger partial charge in [0.1, 0.15) is 6.04 Å². The fourth-order valence-electron chi connectivity index (χ4n) is 1.06. The molecule has 0 saturated carbocycles. The molecule has 6 heteroatoms. The smallest absolute Gasteiger partial charge is 0.323 e. The van der Waals surface area contributed by atoms with Crippen LogP contribution in [0, 0.1) is 0 Å². The molecule has 5 nitrogen and oxygen atoms in total. The van der Waals surface area contributed by atoms with Gasteiger partial charge in [-0.05, 0) is 7.05 Å². The first-order valence-electron chi connectivity index (χ1n) is 4.00. The Morgan fingerprint density at radius 3 is 2.93 bits per heavy atom. The average molecular weight is 220 g/mol. The molecule has 2 N–H and O–H groups in total. The molecule has 1 unspecified atom stereocenters. The Morgan fingerprint density at radius 1 is 1.79 bits per heavy atom. The number of ether oxygens (including phenoxy) is 1. The van der Waals surface area contributed by atoms with Gasteiger partial charge in [-0.15, -0.1) is 12.4 Å². The third-order valence-corrected chi connectivity index (χ3v) is 1.81. The number of esters is 1. The Bertz CT molecular complexity index is 264. The van der Waals surface area contributed by atoms with Crippen molar-refractivity contribution in [3.8, 4) is 0 Å². The topological polar surface area (TPSA) is 67.0 Å². The van der Waals surface area contributed by atoms with Gasteiger partial charge in [-0.1, -0.05) is 0 Å². The minimum absolute atomic E-state index is 0. The number of likely N-dealkylation sites (N-methyl/N-ethyl adjacent to an activating group) is 1. The molecule has 0 bridgehead atoms. The molecule has 14 heavy (non-hydrogen) atoms. The summed E-state index contributed by atoms with van der Waals surface area (Å²) in [6, 6.07) is -0.314. The molecule has 0 aliphatic carbocycles. The van der Waals surface area contributed by atoms with Crippen LogP contribution in [-0.4, -0.2) is 36.1 Å². The Kier molecular flexibility index (Phi) is 5.91. The first-order valence-corrected chi connectivity index (χ1v) is 4.00. The molecule has 0 aliphatic rings. The van der Waals surface area contributed by atoms with Crippen LogP contribution in [0.5, 0.6) is 0 Å². The van der Waals surface area contributed by atoms with Gasteiger partial charge in [0.05, 0.1) is 13.4 Å². The largest absolute Gasteiger partial charge is 0.468 e. The van der Waals surface area contributed by atoms with Crippen LogP contribution in [0.25, 0.3) is 0 Å². The van der Waals surface area contributed by atoms with Gasteiger partial charge in [-0.2, -0.15) is 0 Å². The summed E-state index contributed by atoms with van der Waals surface area (Å²) in [6.45, 7) is 0. The van der Waals surface area contributed by atoms with Crippen LogP contribution in [0.4, 0.5) is 0 Å². The van der Waals surface area contributed by atoms with Crippen molar-refractivity contribution in [3.05, 3.63) is 18.2 Å². The molecule has 1 rings (SSSR count). The van der Waals surface area contributed by atoms with E-state index in [-0.39, 0.29) is 24.4 Å². The van der Waals surface area contributed by atoms with Crippen molar-refractivity contribution in [2.75, 3.05) is 14.2 Å². The van der Waals surface area contributed by atoms with Gasteiger partial charge in [0.2, 0.25) is 0 Å². The van der Waals surface area contributed by atoms with E-state index in [1.165, 1.54) is 7.11 Å². The number of H-pyrrole nitrogens is 1. The number of hydrogen-bond donors (Lipinski definition) is 2. The Labute approximate surface area is 88.7 Å². The average Bonchev–Trinajstić information content (AvgIpc) is 2.65. The summed E-state index contributed by atoms with van der Waals surface area (Å²) < 4.78 is 4.62. The van der Waals surface area contributed by atoms with Crippen molar-refractivity contribution in [2.24, 2.45) is 0 Å². The molecule has 80 valence electrons. The zero-order valence-corrected chi connectivity index (χ0v) is 8.93. The Hall–Kier alpha value is -1.07. The molecular weight excluding hydrogens is 206 g/mol. The summed E-state index contributed by atoms with van der Waals surface area (Å²) in [5.41, 5.74) is 0.907. The van der Waals surface area contributed by atoms with E-state index in [9.17, 15) is 4.79 Å². The van der Waals surface area contributed by atoms with E-state index >= 15 is 0 Å². The quantitative estimate of drug-likeness (QED) is 0.707. The van der Waals surface area contributed by atoms with Gasteiger partial charge in [0.25, 0.3) is 0 Å². The van der Waals surface area contributed by atoms with Gasteiger partial charge in [0, 0.05) is 18.3 Å². The van der Waals surface area contributed by atoms with Crippen molar-refractivity contribution in [3.63, 3.8) is 0 Å².